The van der Waals surface area contributed by atoms with Crippen molar-refractivity contribution in [3.63, 3.8) is 0 Å². The molecule has 0 saturated heterocycles. The van der Waals surface area contributed by atoms with E-state index in [1.165, 1.54) is 47.0 Å². The van der Waals surface area contributed by atoms with Crippen LogP contribution in [0.4, 0.5) is 0 Å². The van der Waals surface area contributed by atoms with Crippen molar-refractivity contribution < 1.29 is 9.84 Å². The molecule has 5 rings (SSSR count). The normalized spacial score (nSPS) is 19.9. The van der Waals surface area contributed by atoms with E-state index in [0.29, 0.717) is 19.2 Å². The molecule has 0 bridgehead atoms. The average molecular weight is 391 g/mol. The van der Waals surface area contributed by atoms with Crippen LogP contribution >= 0.6 is 0 Å². The Hall–Kier alpha value is -2.30. The number of aliphatic hydroxyl groups is 1. The van der Waals surface area contributed by atoms with Crippen LogP contribution < -0.4 is 4.74 Å². The van der Waals surface area contributed by atoms with Gasteiger partial charge in [0.25, 0.3) is 0 Å². The van der Waals surface area contributed by atoms with E-state index >= 15 is 0 Å². The van der Waals surface area contributed by atoms with E-state index in [2.05, 4.69) is 34.6 Å². The summed E-state index contributed by atoms with van der Waals surface area (Å²) in [5.41, 5.74) is 6.86. The molecule has 2 unspecified atom stereocenters. The predicted octanol–water partition coefficient (Wildman–Crippen LogP) is 4.39. The summed E-state index contributed by atoms with van der Waals surface area (Å²) in [6, 6.07) is 15.3. The van der Waals surface area contributed by atoms with E-state index in [4.69, 9.17) is 4.74 Å². The number of rotatable bonds is 5. The lowest BCUT2D eigenvalue weighted by atomic mass is 9.89. The first-order valence-corrected chi connectivity index (χ1v) is 10.8. The van der Waals surface area contributed by atoms with Crippen LogP contribution in [0.2, 0.25) is 0 Å². The van der Waals surface area contributed by atoms with E-state index < -0.39 is 6.10 Å². The fourth-order valence-electron chi connectivity index (χ4n) is 5.24. The maximum Gasteiger partial charge on any atom is 0.122 e. The molecule has 29 heavy (non-hydrogen) atoms. The minimum Gasteiger partial charge on any atom is -0.491 e. The van der Waals surface area contributed by atoms with E-state index in [0.717, 1.165) is 24.4 Å². The second-order valence-corrected chi connectivity index (χ2v) is 8.67. The molecule has 3 aromatic rings. The number of aromatic nitrogens is 1. The second kappa shape index (κ2) is 7.51. The first-order valence-electron chi connectivity index (χ1n) is 10.8. The summed E-state index contributed by atoms with van der Waals surface area (Å²) in [6.45, 7) is 7.20. The average Bonchev–Trinajstić information content (AvgIpc) is 3.04. The molecule has 2 aliphatic rings. The standard InChI is InChI=1S/C25H30N2O2/c1-17-10-11-22-21(14-17)20-7-5-8-23-25(20)27(22)13-12-26(23)15-19(28)16-29-24-9-4-3-6-18(24)2/h3-4,6,9-11,14,19,23,28H,5,7-8,12-13,15-16H2,1-2H3. The third-order valence-corrected chi connectivity index (χ3v) is 6.61. The Labute approximate surface area is 172 Å². The highest BCUT2D eigenvalue weighted by atomic mass is 16.5. The first kappa shape index (κ1) is 18.7. The van der Waals surface area contributed by atoms with Gasteiger partial charge in [-0.25, -0.2) is 0 Å². The third-order valence-electron chi connectivity index (χ3n) is 6.61. The molecule has 0 saturated carbocycles. The Kier molecular flexibility index (Phi) is 4.84. The molecule has 0 fully saturated rings. The van der Waals surface area contributed by atoms with Gasteiger partial charge in [0, 0.05) is 36.2 Å². The van der Waals surface area contributed by atoms with Crippen LogP contribution in [0, 0.1) is 13.8 Å². The van der Waals surface area contributed by atoms with Gasteiger partial charge < -0.3 is 14.4 Å². The first-order chi connectivity index (χ1) is 14.1. The number of para-hydroxylation sites is 1. The second-order valence-electron chi connectivity index (χ2n) is 8.67. The van der Waals surface area contributed by atoms with E-state index in [1.807, 2.05) is 31.2 Å². The summed E-state index contributed by atoms with van der Waals surface area (Å²) in [4.78, 5) is 2.48. The molecule has 1 aliphatic heterocycles. The summed E-state index contributed by atoms with van der Waals surface area (Å²) >= 11 is 0. The summed E-state index contributed by atoms with van der Waals surface area (Å²) in [7, 11) is 0. The van der Waals surface area contributed by atoms with Crippen LogP contribution in [0.15, 0.2) is 42.5 Å². The van der Waals surface area contributed by atoms with E-state index in [-0.39, 0.29) is 0 Å². The summed E-state index contributed by atoms with van der Waals surface area (Å²) < 4.78 is 8.44. The van der Waals surface area contributed by atoms with Crippen molar-refractivity contribution >= 4 is 10.9 Å². The molecule has 0 radical (unpaired) electrons. The molecule has 1 aliphatic carbocycles. The van der Waals surface area contributed by atoms with Crippen molar-refractivity contribution in [1.29, 1.82) is 0 Å². The number of ether oxygens (including phenoxy) is 1. The van der Waals surface area contributed by atoms with Gasteiger partial charge >= 0.3 is 0 Å². The smallest absolute Gasteiger partial charge is 0.122 e. The molecule has 0 amide bonds. The number of aliphatic hydroxyl groups excluding tert-OH is 1. The van der Waals surface area contributed by atoms with Crippen molar-refractivity contribution in [2.24, 2.45) is 0 Å². The Morgan fingerprint density at radius 1 is 1.14 bits per heavy atom. The number of β-amino-alcohol motifs (C(OH)–C–C–N with tert-alkyl or cyclic N) is 1. The molecule has 2 heterocycles. The van der Waals surface area contributed by atoms with Crippen molar-refractivity contribution in [3.8, 4) is 5.75 Å². The van der Waals surface area contributed by atoms with Gasteiger partial charge in [0.2, 0.25) is 0 Å². The molecule has 152 valence electrons. The van der Waals surface area contributed by atoms with Crippen LogP contribution in [0.3, 0.4) is 0 Å². The summed E-state index contributed by atoms with van der Waals surface area (Å²) in [5, 5.41) is 12.1. The highest BCUT2D eigenvalue weighted by Gasteiger charge is 2.35. The highest BCUT2D eigenvalue weighted by Crippen LogP contribution is 2.42. The van der Waals surface area contributed by atoms with Gasteiger partial charge in [-0.1, -0.05) is 29.8 Å². The fourth-order valence-corrected chi connectivity index (χ4v) is 5.24. The number of hydrogen-bond acceptors (Lipinski definition) is 3. The number of benzene rings is 2. The predicted molar refractivity (Wildman–Crippen MR) is 117 cm³/mol. The molecule has 1 N–H and O–H groups in total. The number of nitrogens with zero attached hydrogens (tertiary/aromatic N) is 2. The van der Waals surface area contributed by atoms with E-state index in [1.54, 1.807) is 0 Å². The van der Waals surface area contributed by atoms with Crippen molar-refractivity contribution in [2.75, 3.05) is 19.7 Å². The zero-order chi connectivity index (χ0) is 20.0. The van der Waals surface area contributed by atoms with Gasteiger partial charge in [0.15, 0.2) is 0 Å². The summed E-state index contributed by atoms with van der Waals surface area (Å²) in [5.74, 6) is 0.862. The zero-order valence-electron chi connectivity index (χ0n) is 17.4. The van der Waals surface area contributed by atoms with E-state index in [9.17, 15) is 5.11 Å². The maximum atomic E-state index is 10.7. The molecule has 2 aromatic carbocycles. The topological polar surface area (TPSA) is 37.6 Å². The van der Waals surface area contributed by atoms with Crippen LogP contribution in [-0.2, 0) is 13.0 Å². The highest BCUT2D eigenvalue weighted by molar-refractivity contribution is 5.87. The number of aryl methyl sites for hydroxylation is 3. The molecule has 0 spiro atoms. The fraction of sp³-hybridized carbons (Fsp3) is 0.440. The van der Waals surface area contributed by atoms with Crippen molar-refractivity contribution in [2.45, 2.75) is 51.8 Å². The molecular formula is C25H30N2O2. The Morgan fingerprint density at radius 3 is 2.86 bits per heavy atom. The Balaban J connectivity index is 1.35. The Bertz CT molecular complexity index is 1040. The lowest BCUT2D eigenvalue weighted by Crippen LogP contribution is -2.44. The van der Waals surface area contributed by atoms with Crippen LogP contribution in [0.25, 0.3) is 10.9 Å². The van der Waals surface area contributed by atoms with Crippen LogP contribution in [0.5, 0.6) is 5.75 Å². The zero-order valence-corrected chi connectivity index (χ0v) is 17.4. The SMILES string of the molecule is Cc1ccc2c(c1)c1c3n2CCN(CC(O)COc2ccccc2C)C3CCC1. The van der Waals surface area contributed by atoms with Gasteiger partial charge in [-0.05, 0) is 62.4 Å². The van der Waals surface area contributed by atoms with Gasteiger partial charge in [-0.3, -0.25) is 4.90 Å². The largest absolute Gasteiger partial charge is 0.491 e. The molecule has 4 heteroatoms. The molecule has 1 aromatic heterocycles. The van der Waals surface area contributed by atoms with Crippen molar-refractivity contribution in [1.82, 2.24) is 9.47 Å². The minimum absolute atomic E-state index is 0.336. The quantitative estimate of drug-likeness (QED) is 0.702. The van der Waals surface area contributed by atoms with Crippen molar-refractivity contribution in [3.05, 3.63) is 64.8 Å². The Morgan fingerprint density at radius 2 is 2.00 bits per heavy atom. The number of hydrogen-bond donors (Lipinski definition) is 1. The van der Waals surface area contributed by atoms with Gasteiger partial charge in [0.05, 0.1) is 6.04 Å². The third kappa shape index (κ3) is 3.34. The van der Waals surface area contributed by atoms with Gasteiger partial charge in [-0.15, -0.1) is 0 Å². The molecule has 2 atom stereocenters. The number of fused-ring (bicyclic) bond motifs is 3. The van der Waals surface area contributed by atoms with Gasteiger partial charge in [-0.2, -0.15) is 0 Å². The maximum absolute atomic E-state index is 10.7. The molecular weight excluding hydrogens is 360 g/mol. The lowest BCUT2D eigenvalue weighted by Gasteiger charge is -2.40. The summed E-state index contributed by atoms with van der Waals surface area (Å²) in [6.07, 6.45) is 3.08. The minimum atomic E-state index is -0.488. The monoisotopic (exact) mass is 390 g/mol. The van der Waals surface area contributed by atoms with Gasteiger partial charge in [0.1, 0.15) is 18.5 Å². The molecule has 4 nitrogen and oxygen atoms in total. The lowest BCUT2D eigenvalue weighted by molar-refractivity contribution is 0.0373. The van der Waals surface area contributed by atoms with Crippen LogP contribution in [-0.4, -0.2) is 40.4 Å². The van der Waals surface area contributed by atoms with Crippen LogP contribution in [0.1, 0.15) is 41.3 Å².